The highest BCUT2D eigenvalue weighted by Gasteiger charge is 2.37. The van der Waals surface area contributed by atoms with Crippen molar-refractivity contribution in [2.45, 2.75) is 85.0 Å². The number of benzene rings is 1. The highest BCUT2D eigenvalue weighted by Crippen LogP contribution is 2.26. The van der Waals surface area contributed by atoms with Crippen LogP contribution in [-0.2, 0) is 14.3 Å². The number of ether oxygens (including phenoxy) is 1. The van der Waals surface area contributed by atoms with Crippen LogP contribution in [0.15, 0.2) is 18.2 Å². The Morgan fingerprint density at radius 1 is 1.09 bits per heavy atom. The Morgan fingerprint density at radius 3 is 2.11 bits per heavy atom. The van der Waals surface area contributed by atoms with Crippen LogP contribution in [0.1, 0.15) is 70.7 Å². The Hall–Kier alpha value is -2.73. The quantitative estimate of drug-likeness (QED) is 0.486. The molecule has 1 aromatic rings. The molecule has 0 fully saturated rings. The van der Waals surface area contributed by atoms with Crippen molar-refractivity contribution in [1.29, 1.82) is 5.26 Å². The number of aryl methyl sites for hydroxylation is 2. The van der Waals surface area contributed by atoms with E-state index in [2.05, 4.69) is 10.6 Å². The summed E-state index contributed by atoms with van der Waals surface area (Å²) in [4.78, 5) is 41.1. The molecule has 0 radical (unpaired) electrons. The van der Waals surface area contributed by atoms with Crippen LogP contribution >= 0.6 is 11.8 Å². The third-order valence-corrected chi connectivity index (χ3v) is 5.39. The van der Waals surface area contributed by atoms with Crippen LogP contribution in [0, 0.1) is 25.2 Å². The monoisotopic (exact) mass is 504 g/mol. The third kappa shape index (κ3) is 10.6. The molecule has 0 saturated carbocycles. The van der Waals surface area contributed by atoms with Gasteiger partial charge in [0, 0.05) is 5.54 Å². The zero-order valence-corrected chi connectivity index (χ0v) is 23.3. The van der Waals surface area contributed by atoms with Gasteiger partial charge in [-0.05, 0) is 79.4 Å². The van der Waals surface area contributed by atoms with Gasteiger partial charge in [0.25, 0.3) is 0 Å². The molecule has 1 rings (SSSR count). The number of hydrogen-bond acceptors (Lipinski definition) is 6. The number of hydrogen-bond donors (Lipinski definition) is 2. The van der Waals surface area contributed by atoms with E-state index in [1.165, 1.54) is 16.7 Å². The highest BCUT2D eigenvalue weighted by molar-refractivity contribution is 7.98. The predicted molar refractivity (Wildman–Crippen MR) is 140 cm³/mol. The maximum atomic E-state index is 13.8. The first-order valence-corrected chi connectivity index (χ1v) is 13.0. The third-order valence-electron chi connectivity index (χ3n) is 4.74. The van der Waals surface area contributed by atoms with E-state index in [1.807, 2.05) is 65.1 Å². The molecule has 0 aliphatic heterocycles. The highest BCUT2D eigenvalue weighted by atomic mass is 32.2. The molecule has 1 aromatic carbocycles. The van der Waals surface area contributed by atoms with Crippen LogP contribution in [0.3, 0.4) is 0 Å². The minimum atomic E-state index is -1.04. The Kier molecular flexibility index (Phi) is 11.1. The lowest BCUT2D eigenvalue weighted by Crippen LogP contribution is -2.54. The molecule has 194 valence electrons. The second kappa shape index (κ2) is 12.8. The maximum absolute atomic E-state index is 13.8. The Bertz CT molecular complexity index is 924. The molecule has 0 aliphatic carbocycles. The number of carbonyl (C=O) groups excluding carboxylic acids is 3. The number of alkyl carbamates (subject to hydrolysis) is 1. The fourth-order valence-corrected chi connectivity index (χ4v) is 4.07. The molecule has 0 heterocycles. The topological polar surface area (TPSA) is 112 Å². The van der Waals surface area contributed by atoms with Crippen molar-refractivity contribution in [3.63, 3.8) is 0 Å². The molecular weight excluding hydrogens is 464 g/mol. The van der Waals surface area contributed by atoms with Crippen LogP contribution in [0.2, 0.25) is 0 Å². The Morgan fingerprint density at radius 2 is 1.66 bits per heavy atom. The lowest BCUT2D eigenvalue weighted by atomic mass is 9.97. The minimum Gasteiger partial charge on any atom is -0.444 e. The van der Waals surface area contributed by atoms with Crippen LogP contribution in [0.25, 0.3) is 0 Å². The molecule has 9 heteroatoms. The number of nitrogens with one attached hydrogen (secondary N) is 2. The average molecular weight is 505 g/mol. The molecular formula is C26H40N4O4S. The van der Waals surface area contributed by atoms with Crippen LogP contribution < -0.4 is 10.6 Å². The van der Waals surface area contributed by atoms with Gasteiger partial charge in [0.2, 0.25) is 11.8 Å². The first-order chi connectivity index (χ1) is 16.1. The van der Waals surface area contributed by atoms with E-state index in [1.54, 1.807) is 20.8 Å². The molecule has 0 saturated heterocycles. The van der Waals surface area contributed by atoms with Crippen molar-refractivity contribution in [3.05, 3.63) is 34.9 Å². The normalized spacial score (nSPS) is 13.3. The molecule has 0 aromatic heterocycles. The van der Waals surface area contributed by atoms with E-state index >= 15 is 0 Å². The molecule has 8 nitrogen and oxygen atoms in total. The zero-order chi connectivity index (χ0) is 27.0. The summed E-state index contributed by atoms with van der Waals surface area (Å²) in [5, 5.41) is 15.2. The van der Waals surface area contributed by atoms with Gasteiger partial charge in [-0.2, -0.15) is 17.0 Å². The van der Waals surface area contributed by atoms with Gasteiger partial charge in [0.05, 0.1) is 6.07 Å². The number of nitriles is 1. The SMILES string of the molecule is CSCCC(NC(=O)OC(C)(C)C)C(=O)N(CC#N)C(C(=O)NC(C)(C)C)c1cc(C)cc(C)c1. The van der Waals surface area contributed by atoms with Crippen LogP contribution in [0.4, 0.5) is 4.79 Å². The summed E-state index contributed by atoms with van der Waals surface area (Å²) in [7, 11) is 0. The van der Waals surface area contributed by atoms with Crippen LogP contribution in [0.5, 0.6) is 0 Å². The van der Waals surface area contributed by atoms with Crippen molar-refractivity contribution in [1.82, 2.24) is 15.5 Å². The fraction of sp³-hybridized carbons (Fsp3) is 0.615. The minimum absolute atomic E-state index is 0.320. The Labute approximate surface area is 214 Å². The van der Waals surface area contributed by atoms with E-state index in [0.717, 1.165) is 11.1 Å². The Balaban J connectivity index is 3.51. The van der Waals surface area contributed by atoms with Crippen molar-refractivity contribution in [3.8, 4) is 6.07 Å². The average Bonchev–Trinajstić information content (AvgIpc) is 2.66. The van der Waals surface area contributed by atoms with E-state index in [-0.39, 0.29) is 6.54 Å². The molecule has 2 unspecified atom stereocenters. The van der Waals surface area contributed by atoms with E-state index in [9.17, 15) is 19.6 Å². The summed E-state index contributed by atoms with van der Waals surface area (Å²) in [6.45, 7) is 14.3. The number of amides is 3. The molecule has 0 spiro atoms. The van der Waals surface area contributed by atoms with E-state index < -0.39 is 41.1 Å². The van der Waals surface area contributed by atoms with Gasteiger partial charge in [0.15, 0.2) is 0 Å². The summed E-state index contributed by atoms with van der Waals surface area (Å²) in [5.41, 5.74) is 1.18. The van der Waals surface area contributed by atoms with Crippen molar-refractivity contribution >= 4 is 29.7 Å². The second-order valence-corrected chi connectivity index (χ2v) is 11.7. The summed E-state index contributed by atoms with van der Waals surface area (Å²) in [6.07, 6.45) is 1.50. The van der Waals surface area contributed by atoms with Crippen molar-refractivity contribution in [2.75, 3.05) is 18.6 Å². The number of carbonyl (C=O) groups is 3. The molecule has 0 aliphatic rings. The molecule has 2 atom stereocenters. The summed E-state index contributed by atoms with van der Waals surface area (Å²) >= 11 is 1.53. The number of rotatable bonds is 9. The van der Waals surface area contributed by atoms with Gasteiger partial charge in [-0.25, -0.2) is 4.79 Å². The van der Waals surface area contributed by atoms with Gasteiger partial charge in [-0.15, -0.1) is 0 Å². The molecule has 3 amide bonds. The first kappa shape index (κ1) is 30.3. The van der Waals surface area contributed by atoms with E-state index in [4.69, 9.17) is 4.74 Å². The first-order valence-electron chi connectivity index (χ1n) is 11.6. The lowest BCUT2D eigenvalue weighted by Gasteiger charge is -2.35. The zero-order valence-electron chi connectivity index (χ0n) is 22.4. The smallest absolute Gasteiger partial charge is 0.408 e. The lowest BCUT2D eigenvalue weighted by molar-refractivity contribution is -0.142. The fourth-order valence-electron chi connectivity index (χ4n) is 3.59. The second-order valence-electron chi connectivity index (χ2n) is 10.7. The summed E-state index contributed by atoms with van der Waals surface area (Å²) < 4.78 is 5.36. The van der Waals surface area contributed by atoms with Gasteiger partial charge >= 0.3 is 6.09 Å². The predicted octanol–water partition coefficient (Wildman–Crippen LogP) is 4.26. The van der Waals surface area contributed by atoms with Crippen LogP contribution in [-0.4, -0.2) is 58.5 Å². The van der Waals surface area contributed by atoms with Gasteiger partial charge in [-0.1, -0.05) is 29.3 Å². The summed E-state index contributed by atoms with van der Waals surface area (Å²) in [6, 6.07) is 5.69. The van der Waals surface area contributed by atoms with Crippen molar-refractivity contribution in [2.24, 2.45) is 0 Å². The van der Waals surface area contributed by atoms with E-state index in [0.29, 0.717) is 17.7 Å². The number of nitrogens with zero attached hydrogens (tertiary/aromatic N) is 2. The van der Waals surface area contributed by atoms with Crippen molar-refractivity contribution < 1.29 is 19.1 Å². The standard InChI is InChI=1S/C26H40N4O4S/c1-17-14-18(2)16-19(15-17)21(22(31)29-25(3,4)5)30(12-11-27)23(32)20(10-13-35-9)28-24(33)34-26(6,7)8/h14-16,20-21H,10,12-13H2,1-9H3,(H,28,33)(H,29,31). The number of thioether (sulfide) groups is 1. The van der Waals surface area contributed by atoms with Gasteiger partial charge in [-0.3, -0.25) is 9.59 Å². The molecule has 0 bridgehead atoms. The van der Waals surface area contributed by atoms with Gasteiger partial charge in [0.1, 0.15) is 24.2 Å². The molecule has 35 heavy (non-hydrogen) atoms. The largest absolute Gasteiger partial charge is 0.444 e. The maximum Gasteiger partial charge on any atom is 0.408 e. The summed E-state index contributed by atoms with van der Waals surface area (Å²) in [5.74, 6) is -0.318. The molecule has 2 N–H and O–H groups in total. The van der Waals surface area contributed by atoms with Gasteiger partial charge < -0.3 is 20.3 Å².